The Labute approximate surface area is 136 Å². The zero-order chi connectivity index (χ0) is 15.8. The van der Waals surface area contributed by atoms with Crippen LogP contribution in [0.4, 0.5) is 5.69 Å². The van der Waals surface area contributed by atoms with Gasteiger partial charge in [-0.1, -0.05) is 25.1 Å². The number of piperidine rings is 2. The lowest BCUT2D eigenvalue weighted by atomic mass is 9.59. The van der Waals surface area contributed by atoms with E-state index in [1.165, 1.54) is 5.56 Å². The van der Waals surface area contributed by atoms with E-state index in [0.29, 0.717) is 12.8 Å². The molecule has 3 atom stereocenters. The molecular weight excluding hydrogens is 288 g/mol. The molecule has 1 aromatic rings. The Kier molecular flexibility index (Phi) is 2.46. The first-order valence-corrected chi connectivity index (χ1v) is 8.88. The van der Waals surface area contributed by atoms with Gasteiger partial charge in [0.1, 0.15) is 5.66 Å². The molecule has 23 heavy (non-hydrogen) atoms. The van der Waals surface area contributed by atoms with Crippen molar-refractivity contribution in [1.82, 2.24) is 4.90 Å². The molecule has 4 heterocycles. The van der Waals surface area contributed by atoms with Crippen molar-refractivity contribution >= 4 is 17.5 Å². The second kappa shape index (κ2) is 4.16. The second-order valence-electron chi connectivity index (χ2n) is 7.55. The quantitative estimate of drug-likeness (QED) is 0.800. The summed E-state index contributed by atoms with van der Waals surface area (Å²) >= 11 is 0. The van der Waals surface area contributed by atoms with Gasteiger partial charge >= 0.3 is 0 Å². The number of amides is 2. The molecule has 5 rings (SSSR count). The molecule has 3 saturated heterocycles. The van der Waals surface area contributed by atoms with Gasteiger partial charge < -0.3 is 4.90 Å². The Morgan fingerprint density at radius 2 is 2.00 bits per heavy atom. The highest BCUT2D eigenvalue weighted by molar-refractivity contribution is 6.02. The van der Waals surface area contributed by atoms with E-state index in [1.54, 1.807) is 0 Å². The van der Waals surface area contributed by atoms with Gasteiger partial charge in [-0.2, -0.15) is 0 Å². The molecule has 0 bridgehead atoms. The van der Waals surface area contributed by atoms with E-state index in [9.17, 15) is 9.59 Å². The van der Waals surface area contributed by atoms with Crippen LogP contribution in [0.2, 0.25) is 0 Å². The summed E-state index contributed by atoms with van der Waals surface area (Å²) in [5.41, 5.74) is 1.89. The average Bonchev–Trinajstić information content (AvgIpc) is 3.02. The van der Waals surface area contributed by atoms with E-state index in [2.05, 4.69) is 24.0 Å². The van der Waals surface area contributed by atoms with Crippen LogP contribution >= 0.6 is 0 Å². The molecule has 4 aliphatic heterocycles. The van der Waals surface area contributed by atoms with Crippen molar-refractivity contribution in [3.63, 3.8) is 0 Å². The number of anilines is 1. The maximum absolute atomic E-state index is 13.0. The zero-order valence-corrected chi connectivity index (χ0v) is 13.5. The van der Waals surface area contributed by atoms with Gasteiger partial charge in [0.2, 0.25) is 11.8 Å². The second-order valence-corrected chi connectivity index (χ2v) is 7.55. The first kappa shape index (κ1) is 13.6. The smallest absolute Gasteiger partial charge is 0.228 e. The van der Waals surface area contributed by atoms with E-state index < -0.39 is 5.66 Å². The number of carbonyl (C=O) groups is 2. The fraction of sp³-hybridized carbons (Fsp3) is 0.579. The third kappa shape index (κ3) is 1.28. The molecule has 2 amide bonds. The van der Waals surface area contributed by atoms with Crippen LogP contribution in [-0.4, -0.2) is 28.9 Å². The van der Waals surface area contributed by atoms with Gasteiger partial charge in [-0.15, -0.1) is 0 Å². The lowest BCUT2D eigenvalue weighted by Gasteiger charge is -2.62. The Morgan fingerprint density at radius 1 is 1.17 bits per heavy atom. The van der Waals surface area contributed by atoms with E-state index in [1.807, 2.05) is 17.0 Å². The van der Waals surface area contributed by atoms with Crippen molar-refractivity contribution in [2.75, 3.05) is 11.4 Å². The minimum absolute atomic E-state index is 0.0506. The molecule has 1 aromatic carbocycles. The van der Waals surface area contributed by atoms with Crippen LogP contribution in [0.5, 0.6) is 0 Å². The van der Waals surface area contributed by atoms with Crippen LogP contribution in [0.3, 0.4) is 0 Å². The van der Waals surface area contributed by atoms with Crippen LogP contribution in [0.15, 0.2) is 24.3 Å². The Morgan fingerprint density at radius 3 is 2.83 bits per heavy atom. The minimum Gasteiger partial charge on any atom is -0.318 e. The molecule has 4 heteroatoms. The van der Waals surface area contributed by atoms with Crippen molar-refractivity contribution < 1.29 is 9.59 Å². The molecule has 4 nitrogen and oxygen atoms in total. The van der Waals surface area contributed by atoms with Crippen LogP contribution in [0.1, 0.15) is 56.9 Å². The van der Waals surface area contributed by atoms with Crippen molar-refractivity contribution in [3.8, 4) is 0 Å². The number of rotatable bonds is 1. The summed E-state index contributed by atoms with van der Waals surface area (Å²) in [5, 5.41) is 0. The number of carbonyl (C=O) groups excluding carboxylic acids is 2. The van der Waals surface area contributed by atoms with Crippen molar-refractivity contribution in [2.45, 2.75) is 57.0 Å². The van der Waals surface area contributed by atoms with E-state index >= 15 is 0 Å². The van der Waals surface area contributed by atoms with Crippen LogP contribution < -0.4 is 4.90 Å². The van der Waals surface area contributed by atoms with Crippen molar-refractivity contribution in [1.29, 1.82) is 0 Å². The Hall–Kier alpha value is -1.84. The lowest BCUT2D eigenvalue weighted by Crippen LogP contribution is -2.73. The van der Waals surface area contributed by atoms with E-state index in [4.69, 9.17) is 0 Å². The fourth-order valence-corrected chi connectivity index (χ4v) is 6.23. The number of hydrogen-bond acceptors (Lipinski definition) is 2. The molecule has 0 aromatic heterocycles. The van der Waals surface area contributed by atoms with Crippen LogP contribution in [0, 0.1) is 5.41 Å². The van der Waals surface area contributed by atoms with Gasteiger partial charge in [0.15, 0.2) is 0 Å². The number of hydrogen-bond donors (Lipinski definition) is 0. The van der Waals surface area contributed by atoms with Crippen LogP contribution in [0.25, 0.3) is 0 Å². The molecule has 120 valence electrons. The molecule has 0 radical (unpaired) electrons. The predicted octanol–water partition coefficient (Wildman–Crippen LogP) is 3.03. The van der Waals surface area contributed by atoms with Gasteiger partial charge in [0, 0.05) is 36.4 Å². The third-order valence-electron chi connectivity index (χ3n) is 7.03. The van der Waals surface area contributed by atoms with Gasteiger partial charge in [0.05, 0.1) is 0 Å². The highest BCUT2D eigenvalue weighted by Crippen LogP contribution is 2.68. The maximum Gasteiger partial charge on any atom is 0.228 e. The minimum atomic E-state index is -0.421. The SMILES string of the molecule is CCC12CCCN3C(=O)C[C@H]4c5ccccc5N(C(=O)CC1)C432. The molecule has 0 N–H and O–H groups in total. The maximum atomic E-state index is 13.0. The van der Waals surface area contributed by atoms with Crippen LogP contribution in [-0.2, 0) is 9.59 Å². The highest BCUT2D eigenvalue weighted by Gasteiger charge is 2.73. The molecule has 4 aliphatic rings. The first-order chi connectivity index (χ1) is 11.2. The molecule has 2 unspecified atom stereocenters. The predicted molar refractivity (Wildman–Crippen MR) is 86.9 cm³/mol. The number of nitrogens with zero attached hydrogens (tertiary/aromatic N) is 2. The summed E-state index contributed by atoms with van der Waals surface area (Å²) in [6.45, 7) is 3.05. The lowest BCUT2D eigenvalue weighted by molar-refractivity contribution is -0.150. The highest BCUT2D eigenvalue weighted by atomic mass is 16.2. The number of para-hydroxylation sites is 1. The first-order valence-electron chi connectivity index (χ1n) is 8.88. The van der Waals surface area contributed by atoms with Gasteiger partial charge in [0.25, 0.3) is 0 Å². The molecule has 1 spiro atoms. The molecular formula is C19H22N2O2. The van der Waals surface area contributed by atoms with Gasteiger partial charge in [-0.3, -0.25) is 14.5 Å². The van der Waals surface area contributed by atoms with Gasteiger partial charge in [-0.05, 0) is 37.3 Å². The molecule has 3 fully saturated rings. The Bertz CT molecular complexity index is 730. The zero-order valence-electron chi connectivity index (χ0n) is 13.5. The van der Waals surface area contributed by atoms with E-state index in [-0.39, 0.29) is 23.1 Å². The monoisotopic (exact) mass is 310 g/mol. The standard InChI is InChI=1S/C19H22N2O2/c1-2-18-9-5-11-20-17(23)12-14-13-6-3-4-7-15(13)21(19(14,18)20)16(22)8-10-18/h3-4,6-7,14H,2,5,8-12H2,1H3/t14-,18?,19?/m0/s1. The number of fused-ring (bicyclic) bond motifs is 3. The largest absolute Gasteiger partial charge is 0.318 e. The van der Waals surface area contributed by atoms with Crippen molar-refractivity contribution in [3.05, 3.63) is 29.8 Å². The number of benzene rings is 1. The van der Waals surface area contributed by atoms with E-state index in [0.717, 1.165) is 37.9 Å². The summed E-state index contributed by atoms with van der Waals surface area (Å²) in [6, 6.07) is 8.26. The van der Waals surface area contributed by atoms with Gasteiger partial charge in [-0.25, -0.2) is 0 Å². The molecule has 0 aliphatic carbocycles. The normalized spacial score (nSPS) is 37.7. The van der Waals surface area contributed by atoms with Crippen molar-refractivity contribution in [2.24, 2.45) is 5.41 Å². The summed E-state index contributed by atoms with van der Waals surface area (Å²) in [4.78, 5) is 29.9. The topological polar surface area (TPSA) is 40.6 Å². The summed E-state index contributed by atoms with van der Waals surface area (Å²) in [7, 11) is 0. The summed E-state index contributed by atoms with van der Waals surface area (Å²) < 4.78 is 0. The summed E-state index contributed by atoms with van der Waals surface area (Å²) in [5.74, 6) is 0.586. The average molecular weight is 310 g/mol. The molecule has 0 saturated carbocycles. The third-order valence-corrected chi connectivity index (χ3v) is 7.03. The fourth-order valence-electron chi connectivity index (χ4n) is 6.23. The summed E-state index contributed by atoms with van der Waals surface area (Å²) in [6.07, 6.45) is 5.31. The Balaban J connectivity index is 1.85.